The average Bonchev–Trinajstić information content (AvgIpc) is 3.29. The van der Waals surface area contributed by atoms with Crippen LogP contribution in [0.4, 0.5) is 0 Å². The van der Waals surface area contributed by atoms with Gasteiger partial charge in [-0.15, -0.1) is 11.3 Å². The molecule has 1 saturated heterocycles. The van der Waals surface area contributed by atoms with Gasteiger partial charge in [-0.3, -0.25) is 10.2 Å². The van der Waals surface area contributed by atoms with Crippen LogP contribution < -0.4 is 10.5 Å². The Morgan fingerprint density at radius 1 is 1.27 bits per heavy atom. The largest absolute Gasteiger partial charge is 0.384 e. The lowest BCUT2D eigenvalue weighted by Gasteiger charge is -2.17. The van der Waals surface area contributed by atoms with Crippen molar-refractivity contribution in [2.24, 2.45) is 5.73 Å². The maximum absolute atomic E-state index is 12.8. The zero-order chi connectivity index (χ0) is 21.5. The Morgan fingerprint density at radius 2 is 2.03 bits per heavy atom. The van der Waals surface area contributed by atoms with Gasteiger partial charge in [0.2, 0.25) is 5.91 Å². The third-order valence-corrected chi connectivity index (χ3v) is 8.33. The average molecular weight is 463 g/mol. The van der Waals surface area contributed by atoms with Gasteiger partial charge < -0.3 is 10.6 Å². The number of nitrogens with zero attached hydrogens (tertiary/aromatic N) is 1. The summed E-state index contributed by atoms with van der Waals surface area (Å²) in [6, 6.07) is 13.1. The molecule has 3 aromatic rings. The number of sulfonamides is 1. The van der Waals surface area contributed by atoms with Crippen molar-refractivity contribution in [2.45, 2.75) is 23.2 Å². The number of rotatable bonds is 6. The highest BCUT2D eigenvalue weighted by atomic mass is 35.5. The predicted octanol–water partition coefficient (Wildman–Crippen LogP) is 2.92. The molecule has 1 atom stereocenters. The van der Waals surface area contributed by atoms with Crippen molar-refractivity contribution in [3.8, 4) is 0 Å². The molecule has 0 spiro atoms. The molecule has 0 bridgehead atoms. The molecule has 1 aromatic heterocycles. The summed E-state index contributed by atoms with van der Waals surface area (Å²) in [5.74, 6) is -0.315. The smallest absolute Gasteiger partial charge is 0.250 e. The standard InChI is InChI=1S/C20H19ClN4O3S2/c21-15-5-2-6-17-14(15)10-18(29-17)30(27,28)24-16-7-8-25(20(16)26)11-12-3-1-4-13(9-12)19(22)23/h1-6,9-10,16,24H,7-8,11H2,(H3,22,23)/t16-/m0/s1. The molecule has 7 nitrogen and oxygen atoms in total. The fourth-order valence-electron chi connectivity index (χ4n) is 3.44. The predicted molar refractivity (Wildman–Crippen MR) is 118 cm³/mol. The Bertz CT molecular complexity index is 1260. The molecule has 2 aromatic carbocycles. The summed E-state index contributed by atoms with van der Waals surface area (Å²) < 4.78 is 29.1. The normalized spacial score (nSPS) is 17.0. The highest BCUT2D eigenvalue weighted by molar-refractivity contribution is 7.91. The quantitative estimate of drug-likeness (QED) is 0.385. The first-order valence-electron chi connectivity index (χ1n) is 9.17. The number of fused-ring (bicyclic) bond motifs is 1. The second-order valence-corrected chi connectivity index (χ2v) is 10.5. The first-order chi connectivity index (χ1) is 14.2. The van der Waals surface area contributed by atoms with Gasteiger partial charge in [0.15, 0.2) is 0 Å². The molecule has 1 amide bonds. The van der Waals surface area contributed by atoms with E-state index in [9.17, 15) is 13.2 Å². The van der Waals surface area contributed by atoms with Gasteiger partial charge in [0.1, 0.15) is 16.1 Å². The molecule has 0 radical (unpaired) electrons. The molecule has 1 fully saturated rings. The molecule has 2 heterocycles. The summed E-state index contributed by atoms with van der Waals surface area (Å²) in [5.41, 5.74) is 6.94. The Hall–Kier alpha value is -2.46. The van der Waals surface area contributed by atoms with Crippen molar-refractivity contribution in [1.82, 2.24) is 9.62 Å². The van der Waals surface area contributed by atoms with Crippen molar-refractivity contribution in [1.29, 1.82) is 5.41 Å². The molecule has 0 unspecified atom stereocenters. The first kappa shape index (κ1) is 20.8. The van der Waals surface area contributed by atoms with E-state index in [0.717, 1.165) is 21.6 Å². The van der Waals surface area contributed by atoms with Gasteiger partial charge in [-0.1, -0.05) is 35.9 Å². The van der Waals surface area contributed by atoms with Crippen LogP contribution in [0, 0.1) is 5.41 Å². The summed E-state index contributed by atoms with van der Waals surface area (Å²) in [6.07, 6.45) is 0.385. The summed E-state index contributed by atoms with van der Waals surface area (Å²) in [7, 11) is -3.85. The molecule has 156 valence electrons. The van der Waals surface area contributed by atoms with Gasteiger partial charge in [-0.25, -0.2) is 8.42 Å². The number of carbonyl (C=O) groups excluding carboxylic acids is 1. The number of nitrogens with two attached hydrogens (primary N) is 1. The van der Waals surface area contributed by atoms with E-state index >= 15 is 0 Å². The van der Waals surface area contributed by atoms with Crippen molar-refractivity contribution in [3.05, 3.63) is 64.7 Å². The number of nitrogens with one attached hydrogen (secondary N) is 2. The lowest BCUT2D eigenvalue weighted by atomic mass is 10.1. The van der Waals surface area contributed by atoms with E-state index in [1.54, 1.807) is 35.2 Å². The maximum Gasteiger partial charge on any atom is 0.250 e. The van der Waals surface area contributed by atoms with Crippen LogP contribution in [0.25, 0.3) is 10.1 Å². The second-order valence-electron chi connectivity index (χ2n) is 7.05. The van der Waals surface area contributed by atoms with Gasteiger partial charge in [-0.2, -0.15) is 4.72 Å². The Balaban J connectivity index is 1.49. The van der Waals surface area contributed by atoms with E-state index in [1.165, 1.54) is 6.07 Å². The number of hydrogen-bond donors (Lipinski definition) is 3. The second kappa shape index (κ2) is 7.99. The minimum atomic E-state index is -3.85. The van der Waals surface area contributed by atoms with E-state index in [2.05, 4.69) is 4.72 Å². The van der Waals surface area contributed by atoms with Crippen LogP contribution in [0.2, 0.25) is 5.02 Å². The van der Waals surface area contributed by atoms with Crippen LogP contribution in [-0.4, -0.2) is 37.6 Å². The fraction of sp³-hybridized carbons (Fsp3) is 0.200. The molecule has 0 aliphatic carbocycles. The van der Waals surface area contributed by atoms with E-state index in [1.807, 2.05) is 12.1 Å². The van der Waals surface area contributed by atoms with Gasteiger partial charge >= 0.3 is 0 Å². The first-order valence-corrected chi connectivity index (χ1v) is 11.8. The number of hydrogen-bond acceptors (Lipinski definition) is 5. The number of thiophene rings is 1. The molecule has 1 aliphatic heterocycles. The fourth-order valence-corrected chi connectivity index (χ4v) is 6.38. The van der Waals surface area contributed by atoms with E-state index < -0.39 is 16.1 Å². The Labute approximate surface area is 183 Å². The summed E-state index contributed by atoms with van der Waals surface area (Å²) >= 11 is 7.27. The Kier molecular flexibility index (Phi) is 5.54. The van der Waals surface area contributed by atoms with E-state index in [4.69, 9.17) is 22.7 Å². The van der Waals surface area contributed by atoms with Crippen LogP contribution in [0.3, 0.4) is 0 Å². The maximum atomic E-state index is 12.8. The van der Waals surface area contributed by atoms with Gasteiger partial charge in [-0.05, 0) is 36.2 Å². The van der Waals surface area contributed by atoms with Crippen LogP contribution in [0.15, 0.2) is 52.7 Å². The van der Waals surface area contributed by atoms with Crippen molar-refractivity contribution in [2.75, 3.05) is 6.54 Å². The summed E-state index contributed by atoms with van der Waals surface area (Å²) in [4.78, 5) is 14.4. The zero-order valence-corrected chi connectivity index (χ0v) is 18.2. The molecular formula is C20H19ClN4O3S2. The minimum absolute atomic E-state index is 0.0429. The monoisotopic (exact) mass is 462 g/mol. The van der Waals surface area contributed by atoms with Crippen molar-refractivity contribution in [3.63, 3.8) is 0 Å². The number of benzene rings is 2. The van der Waals surface area contributed by atoms with Crippen molar-refractivity contribution < 1.29 is 13.2 Å². The minimum Gasteiger partial charge on any atom is -0.384 e. The van der Waals surface area contributed by atoms with Gasteiger partial charge in [0.05, 0.1) is 0 Å². The lowest BCUT2D eigenvalue weighted by molar-refractivity contribution is -0.129. The highest BCUT2D eigenvalue weighted by Gasteiger charge is 2.35. The van der Waals surface area contributed by atoms with Crippen LogP contribution >= 0.6 is 22.9 Å². The van der Waals surface area contributed by atoms with Crippen LogP contribution in [0.1, 0.15) is 17.5 Å². The topological polar surface area (TPSA) is 116 Å². The van der Waals surface area contributed by atoms with Crippen molar-refractivity contribution >= 4 is 54.8 Å². The van der Waals surface area contributed by atoms with Gasteiger partial charge in [0.25, 0.3) is 10.0 Å². The molecule has 30 heavy (non-hydrogen) atoms. The number of halogens is 1. The Morgan fingerprint density at radius 3 is 2.77 bits per heavy atom. The third-order valence-electron chi connectivity index (χ3n) is 4.96. The van der Waals surface area contributed by atoms with E-state index in [-0.39, 0.29) is 16.0 Å². The molecule has 1 aliphatic rings. The molecule has 4 N–H and O–H groups in total. The summed E-state index contributed by atoms with van der Waals surface area (Å²) in [6.45, 7) is 0.769. The highest BCUT2D eigenvalue weighted by Crippen LogP contribution is 2.33. The number of likely N-dealkylation sites (tertiary alicyclic amines) is 1. The van der Waals surface area contributed by atoms with Crippen LogP contribution in [0.5, 0.6) is 0 Å². The van der Waals surface area contributed by atoms with E-state index in [0.29, 0.717) is 35.5 Å². The SMILES string of the molecule is N=C(N)c1cccc(CN2CC[C@H](NS(=O)(=O)c3cc4c(Cl)cccc4s3)C2=O)c1. The third kappa shape index (κ3) is 4.06. The molecule has 4 rings (SSSR count). The molecular weight excluding hydrogens is 444 g/mol. The number of amidine groups is 1. The lowest BCUT2D eigenvalue weighted by Crippen LogP contribution is -2.41. The molecule has 10 heteroatoms. The van der Waals surface area contributed by atoms with Crippen LogP contribution in [-0.2, 0) is 21.4 Å². The molecule has 0 saturated carbocycles. The number of nitrogen functional groups attached to an aromatic ring is 1. The number of carbonyl (C=O) groups is 1. The number of amides is 1. The zero-order valence-electron chi connectivity index (χ0n) is 15.8. The van der Waals surface area contributed by atoms with Gasteiger partial charge in [0, 0.05) is 33.8 Å². The summed E-state index contributed by atoms with van der Waals surface area (Å²) in [5, 5.41) is 8.70.